The van der Waals surface area contributed by atoms with Crippen LogP contribution in [0.1, 0.15) is 31.2 Å². The van der Waals surface area contributed by atoms with Crippen LogP contribution in [-0.4, -0.2) is 45.1 Å². The van der Waals surface area contributed by atoms with Gasteiger partial charge in [-0.3, -0.25) is 4.79 Å². The van der Waals surface area contributed by atoms with Crippen molar-refractivity contribution in [1.29, 1.82) is 0 Å². The summed E-state index contributed by atoms with van der Waals surface area (Å²) in [4.78, 5) is 11.0. The highest BCUT2D eigenvalue weighted by Crippen LogP contribution is 2.18. The summed E-state index contributed by atoms with van der Waals surface area (Å²) in [6, 6.07) is 9.57. The molecule has 0 aromatic heterocycles. The SMILES string of the molecule is COC(=O)CCCN(C)S(=O)(=O)CC(C)c1ccccc1. The van der Waals surface area contributed by atoms with Crippen molar-refractivity contribution in [3.8, 4) is 0 Å². The van der Waals surface area contributed by atoms with Crippen LogP contribution in [0, 0.1) is 0 Å². The second-order valence-electron chi connectivity index (χ2n) is 5.09. The van der Waals surface area contributed by atoms with Gasteiger partial charge in [0, 0.05) is 20.0 Å². The molecule has 0 N–H and O–H groups in total. The molecule has 6 heteroatoms. The lowest BCUT2D eigenvalue weighted by Crippen LogP contribution is -2.32. The van der Waals surface area contributed by atoms with E-state index in [4.69, 9.17) is 0 Å². The van der Waals surface area contributed by atoms with E-state index in [1.54, 1.807) is 7.05 Å². The summed E-state index contributed by atoms with van der Waals surface area (Å²) in [5.41, 5.74) is 1.00. The van der Waals surface area contributed by atoms with E-state index in [2.05, 4.69) is 4.74 Å². The van der Waals surface area contributed by atoms with E-state index in [0.29, 0.717) is 13.0 Å². The van der Waals surface area contributed by atoms with Crippen LogP contribution in [0.25, 0.3) is 0 Å². The van der Waals surface area contributed by atoms with E-state index >= 15 is 0 Å². The lowest BCUT2D eigenvalue weighted by atomic mass is 10.0. The molecule has 1 atom stereocenters. The summed E-state index contributed by atoms with van der Waals surface area (Å²) >= 11 is 0. The quantitative estimate of drug-likeness (QED) is 0.689. The fourth-order valence-corrected chi connectivity index (χ4v) is 3.49. The van der Waals surface area contributed by atoms with E-state index in [-0.39, 0.29) is 24.1 Å². The monoisotopic (exact) mass is 313 g/mol. The lowest BCUT2D eigenvalue weighted by Gasteiger charge is -2.20. The molecule has 0 spiro atoms. The Bertz CT molecular complexity index is 542. The fraction of sp³-hybridized carbons (Fsp3) is 0.533. The third-order valence-corrected chi connectivity index (χ3v) is 5.44. The van der Waals surface area contributed by atoms with Gasteiger partial charge in [-0.15, -0.1) is 0 Å². The largest absolute Gasteiger partial charge is 0.469 e. The number of rotatable bonds is 8. The average molecular weight is 313 g/mol. The number of benzene rings is 1. The van der Waals surface area contributed by atoms with Gasteiger partial charge in [0.15, 0.2) is 0 Å². The van der Waals surface area contributed by atoms with Crippen LogP contribution in [0.2, 0.25) is 0 Å². The third-order valence-electron chi connectivity index (χ3n) is 3.39. The van der Waals surface area contributed by atoms with E-state index < -0.39 is 10.0 Å². The molecule has 1 aromatic rings. The van der Waals surface area contributed by atoms with Crippen LogP contribution in [0.4, 0.5) is 0 Å². The molecule has 21 heavy (non-hydrogen) atoms. The molecule has 0 saturated carbocycles. The van der Waals surface area contributed by atoms with Crippen LogP contribution in [0.3, 0.4) is 0 Å². The first-order valence-corrected chi connectivity index (χ1v) is 8.53. The van der Waals surface area contributed by atoms with Gasteiger partial charge in [-0.25, -0.2) is 12.7 Å². The minimum atomic E-state index is -3.33. The molecule has 0 amide bonds. The highest BCUT2D eigenvalue weighted by molar-refractivity contribution is 7.89. The standard InChI is InChI=1S/C15H23NO4S/c1-13(14-8-5-4-6-9-14)12-21(18,19)16(2)11-7-10-15(17)20-3/h4-6,8-9,13H,7,10-12H2,1-3H3. The minimum Gasteiger partial charge on any atom is -0.469 e. The predicted octanol–water partition coefficient (Wildman–Crippen LogP) is 2.00. The molecule has 1 aromatic carbocycles. The molecule has 0 aliphatic heterocycles. The number of methoxy groups -OCH3 is 1. The second kappa shape index (κ2) is 8.14. The Morgan fingerprint density at radius 2 is 1.90 bits per heavy atom. The molecule has 0 fully saturated rings. The van der Waals surface area contributed by atoms with Gasteiger partial charge in [0.1, 0.15) is 0 Å². The van der Waals surface area contributed by atoms with Crippen LogP contribution in [0.5, 0.6) is 0 Å². The fourth-order valence-electron chi connectivity index (χ4n) is 2.01. The first-order valence-electron chi connectivity index (χ1n) is 6.92. The Morgan fingerprint density at radius 3 is 2.48 bits per heavy atom. The van der Waals surface area contributed by atoms with Crippen molar-refractivity contribution in [2.24, 2.45) is 0 Å². The van der Waals surface area contributed by atoms with Crippen LogP contribution in [-0.2, 0) is 19.6 Å². The molecular weight excluding hydrogens is 290 g/mol. The van der Waals surface area contributed by atoms with Gasteiger partial charge in [-0.2, -0.15) is 0 Å². The number of ether oxygens (including phenoxy) is 1. The Hall–Kier alpha value is -1.40. The molecule has 1 rings (SSSR count). The van der Waals surface area contributed by atoms with Crippen LogP contribution in [0.15, 0.2) is 30.3 Å². The molecule has 0 heterocycles. The molecule has 0 aliphatic rings. The van der Waals surface area contributed by atoms with E-state index in [1.165, 1.54) is 11.4 Å². The molecule has 0 saturated heterocycles. The number of hydrogen-bond donors (Lipinski definition) is 0. The van der Waals surface area contributed by atoms with Gasteiger partial charge in [-0.1, -0.05) is 37.3 Å². The zero-order chi connectivity index (χ0) is 15.9. The van der Waals surface area contributed by atoms with Crippen molar-refractivity contribution < 1.29 is 17.9 Å². The molecule has 0 bridgehead atoms. The molecule has 0 aliphatic carbocycles. The number of nitrogens with zero attached hydrogens (tertiary/aromatic N) is 1. The molecular formula is C15H23NO4S. The summed E-state index contributed by atoms with van der Waals surface area (Å²) in [6.07, 6.45) is 0.687. The Kier molecular flexibility index (Phi) is 6.84. The second-order valence-corrected chi connectivity index (χ2v) is 7.21. The topological polar surface area (TPSA) is 63.7 Å². The summed E-state index contributed by atoms with van der Waals surface area (Å²) in [7, 11) is -0.461. The number of carbonyl (C=O) groups is 1. The summed E-state index contributed by atoms with van der Waals surface area (Å²) in [5.74, 6) is -0.330. The first kappa shape index (κ1) is 17.7. The third kappa shape index (κ3) is 5.85. The van der Waals surface area contributed by atoms with Crippen molar-refractivity contribution in [3.05, 3.63) is 35.9 Å². The van der Waals surface area contributed by atoms with Gasteiger partial charge < -0.3 is 4.74 Å². The zero-order valence-corrected chi connectivity index (χ0v) is 13.6. The maximum absolute atomic E-state index is 12.3. The Balaban J connectivity index is 2.54. The average Bonchev–Trinajstić information content (AvgIpc) is 2.47. The number of sulfonamides is 1. The highest BCUT2D eigenvalue weighted by Gasteiger charge is 2.22. The summed E-state index contributed by atoms with van der Waals surface area (Å²) in [5, 5.41) is 0. The van der Waals surface area contributed by atoms with Crippen molar-refractivity contribution in [2.75, 3.05) is 26.5 Å². The van der Waals surface area contributed by atoms with Gasteiger partial charge in [0.05, 0.1) is 12.9 Å². The van der Waals surface area contributed by atoms with Gasteiger partial charge >= 0.3 is 5.97 Å². The summed E-state index contributed by atoms with van der Waals surface area (Å²) in [6.45, 7) is 2.22. The van der Waals surface area contributed by atoms with Gasteiger partial charge in [0.25, 0.3) is 0 Å². The summed E-state index contributed by atoms with van der Waals surface area (Å²) < 4.78 is 30.4. The smallest absolute Gasteiger partial charge is 0.305 e. The minimum absolute atomic E-state index is 0.0612. The molecule has 1 unspecified atom stereocenters. The number of hydrogen-bond acceptors (Lipinski definition) is 4. The number of esters is 1. The molecule has 118 valence electrons. The van der Waals surface area contributed by atoms with E-state index in [9.17, 15) is 13.2 Å². The van der Waals surface area contributed by atoms with Crippen molar-refractivity contribution in [1.82, 2.24) is 4.31 Å². The Morgan fingerprint density at radius 1 is 1.29 bits per heavy atom. The van der Waals surface area contributed by atoms with E-state index in [1.807, 2.05) is 37.3 Å². The lowest BCUT2D eigenvalue weighted by molar-refractivity contribution is -0.140. The molecule has 0 radical (unpaired) electrons. The zero-order valence-electron chi connectivity index (χ0n) is 12.8. The maximum atomic E-state index is 12.3. The number of carbonyl (C=O) groups excluding carboxylic acids is 1. The van der Waals surface area contributed by atoms with Crippen molar-refractivity contribution in [2.45, 2.75) is 25.7 Å². The van der Waals surface area contributed by atoms with Crippen LogP contribution >= 0.6 is 0 Å². The van der Waals surface area contributed by atoms with Crippen molar-refractivity contribution in [3.63, 3.8) is 0 Å². The van der Waals surface area contributed by atoms with Gasteiger partial charge in [0.2, 0.25) is 10.0 Å². The van der Waals surface area contributed by atoms with Crippen molar-refractivity contribution >= 4 is 16.0 Å². The van der Waals surface area contributed by atoms with Crippen LogP contribution < -0.4 is 0 Å². The van der Waals surface area contributed by atoms with E-state index in [0.717, 1.165) is 5.56 Å². The first-order chi connectivity index (χ1) is 9.86. The molecule has 5 nitrogen and oxygen atoms in total. The Labute approximate surface area is 127 Å². The normalized spacial score (nSPS) is 13.1. The van der Waals surface area contributed by atoms with Gasteiger partial charge in [-0.05, 0) is 17.9 Å². The highest BCUT2D eigenvalue weighted by atomic mass is 32.2. The predicted molar refractivity (Wildman–Crippen MR) is 82.5 cm³/mol. The maximum Gasteiger partial charge on any atom is 0.305 e.